The van der Waals surface area contributed by atoms with Crippen LogP contribution in [0.3, 0.4) is 0 Å². The monoisotopic (exact) mass is 341 g/mol. The van der Waals surface area contributed by atoms with Crippen molar-refractivity contribution in [2.75, 3.05) is 4.90 Å². The van der Waals surface area contributed by atoms with Gasteiger partial charge in [0, 0.05) is 16.3 Å². The molecule has 23 heavy (non-hydrogen) atoms. The first-order valence-corrected chi connectivity index (χ1v) is 7.69. The fraction of sp³-hybridized carbons (Fsp3) is 0.0588. The molecule has 6 heteroatoms. The van der Waals surface area contributed by atoms with Crippen LogP contribution in [0.5, 0.6) is 0 Å². The van der Waals surface area contributed by atoms with E-state index < -0.39 is 12.1 Å². The number of carbonyl (C=O) groups is 1. The fourth-order valence-corrected chi connectivity index (χ4v) is 3.10. The highest BCUT2D eigenvalue weighted by Crippen LogP contribution is 2.37. The van der Waals surface area contributed by atoms with Gasteiger partial charge in [0.1, 0.15) is 17.8 Å². The maximum absolute atomic E-state index is 12.2. The molecule has 1 aliphatic rings. The molecular weight excluding hydrogens is 330 g/mol. The molecule has 0 aliphatic carbocycles. The molecule has 0 fully saturated rings. The van der Waals surface area contributed by atoms with E-state index in [2.05, 4.69) is 17.9 Å². The second kappa shape index (κ2) is 6.37. The summed E-state index contributed by atoms with van der Waals surface area (Å²) >= 11 is 10.7. The van der Waals surface area contributed by atoms with Crippen LogP contribution in [0.25, 0.3) is 0 Å². The Morgan fingerprint density at radius 1 is 1.13 bits per heavy atom. The van der Waals surface area contributed by atoms with Crippen molar-refractivity contribution in [2.24, 2.45) is 0 Å². The summed E-state index contributed by atoms with van der Waals surface area (Å²) in [6.45, 7) is 0. The van der Waals surface area contributed by atoms with Crippen LogP contribution in [0.1, 0.15) is 11.7 Å². The van der Waals surface area contributed by atoms with E-state index in [1.54, 1.807) is 11.0 Å². The Hall–Kier alpha value is -2.42. The molecule has 114 valence electrons. The number of nitriles is 1. The summed E-state index contributed by atoms with van der Waals surface area (Å²) in [5.41, 5.74) is 1.51. The maximum Gasteiger partial charge on any atom is 0.266 e. The van der Waals surface area contributed by atoms with Crippen LogP contribution in [-0.2, 0) is 4.79 Å². The average molecular weight is 342 g/mol. The Morgan fingerprint density at radius 3 is 2.43 bits per heavy atom. The first kappa shape index (κ1) is 15.5. The van der Waals surface area contributed by atoms with Crippen molar-refractivity contribution < 1.29 is 4.79 Å². The number of nitrogens with zero attached hydrogens (tertiary/aromatic N) is 2. The normalized spacial score (nSPS) is 17.7. The number of rotatable bonds is 2. The molecule has 1 heterocycles. The van der Waals surface area contributed by atoms with Gasteiger partial charge in [0.05, 0.1) is 5.03 Å². The predicted molar refractivity (Wildman–Crippen MR) is 92.9 cm³/mol. The number of para-hydroxylation sites is 1. The summed E-state index contributed by atoms with van der Waals surface area (Å²) in [6, 6.07) is 18.6. The van der Waals surface area contributed by atoms with Gasteiger partial charge in [-0.15, -0.1) is 12.6 Å². The van der Waals surface area contributed by atoms with Crippen LogP contribution in [-0.4, -0.2) is 5.91 Å². The van der Waals surface area contributed by atoms with Gasteiger partial charge in [-0.3, -0.25) is 4.79 Å². The number of anilines is 1. The van der Waals surface area contributed by atoms with E-state index in [1.807, 2.05) is 54.6 Å². The number of thiol groups is 1. The predicted octanol–water partition coefficient (Wildman–Crippen LogP) is 3.64. The molecule has 0 saturated heterocycles. The van der Waals surface area contributed by atoms with E-state index in [-0.39, 0.29) is 5.57 Å². The number of halogens is 1. The Bertz CT molecular complexity index is 829. The molecular formula is C17H12ClN3OS. The van der Waals surface area contributed by atoms with Gasteiger partial charge in [0.15, 0.2) is 0 Å². The Balaban J connectivity index is 2.19. The molecule has 1 atom stereocenters. The number of hydrogen-bond acceptors (Lipinski definition) is 4. The van der Waals surface area contributed by atoms with Crippen molar-refractivity contribution in [3.63, 3.8) is 0 Å². The standard InChI is InChI=1S/C17H12ClN3OS/c18-14-9-5-4-8-12(14)15-20-16(22)13(10-19)17(23)21(15)11-6-2-1-3-7-11/h1-9,15,23H,(H,20,22). The summed E-state index contributed by atoms with van der Waals surface area (Å²) < 4.78 is 0. The second-order valence-electron chi connectivity index (χ2n) is 4.91. The molecule has 0 spiro atoms. The van der Waals surface area contributed by atoms with E-state index in [0.717, 1.165) is 11.3 Å². The number of benzene rings is 2. The lowest BCUT2D eigenvalue weighted by molar-refractivity contribution is -0.118. The Morgan fingerprint density at radius 2 is 1.78 bits per heavy atom. The molecule has 2 aromatic rings. The quantitative estimate of drug-likeness (QED) is 0.820. The van der Waals surface area contributed by atoms with Gasteiger partial charge < -0.3 is 10.2 Å². The minimum Gasteiger partial charge on any atom is -0.327 e. The third-order valence-corrected chi connectivity index (χ3v) is 4.33. The first-order valence-electron chi connectivity index (χ1n) is 6.86. The lowest BCUT2D eigenvalue weighted by Crippen LogP contribution is -2.46. The third-order valence-electron chi connectivity index (χ3n) is 3.55. The molecule has 1 aliphatic heterocycles. The molecule has 0 radical (unpaired) electrons. The van der Waals surface area contributed by atoms with Crippen molar-refractivity contribution in [1.29, 1.82) is 5.26 Å². The van der Waals surface area contributed by atoms with Gasteiger partial charge in [-0.1, -0.05) is 48.0 Å². The van der Waals surface area contributed by atoms with E-state index >= 15 is 0 Å². The smallest absolute Gasteiger partial charge is 0.266 e. The highest BCUT2D eigenvalue weighted by molar-refractivity contribution is 7.84. The number of hydrogen-bond donors (Lipinski definition) is 2. The van der Waals surface area contributed by atoms with Crippen molar-refractivity contribution in [3.8, 4) is 6.07 Å². The van der Waals surface area contributed by atoms with E-state index in [1.165, 1.54) is 0 Å². The number of nitrogens with one attached hydrogen (secondary N) is 1. The number of amides is 1. The van der Waals surface area contributed by atoms with Gasteiger partial charge >= 0.3 is 0 Å². The van der Waals surface area contributed by atoms with Crippen LogP contribution in [0.15, 0.2) is 65.2 Å². The lowest BCUT2D eigenvalue weighted by atomic mass is 10.1. The molecule has 1 amide bonds. The van der Waals surface area contributed by atoms with E-state index in [4.69, 9.17) is 11.6 Å². The molecule has 0 saturated carbocycles. The molecule has 3 rings (SSSR count). The molecule has 1 N–H and O–H groups in total. The minimum atomic E-state index is -0.539. The summed E-state index contributed by atoms with van der Waals surface area (Å²) in [6.07, 6.45) is -0.539. The van der Waals surface area contributed by atoms with Crippen molar-refractivity contribution in [1.82, 2.24) is 5.32 Å². The molecule has 2 aromatic carbocycles. The molecule has 1 unspecified atom stereocenters. The van der Waals surface area contributed by atoms with Crippen molar-refractivity contribution >= 4 is 35.8 Å². The maximum atomic E-state index is 12.2. The van der Waals surface area contributed by atoms with Gasteiger partial charge in [0.2, 0.25) is 0 Å². The molecule has 4 nitrogen and oxygen atoms in total. The van der Waals surface area contributed by atoms with Gasteiger partial charge in [0.25, 0.3) is 5.91 Å². The largest absolute Gasteiger partial charge is 0.327 e. The van der Waals surface area contributed by atoms with Crippen LogP contribution in [0.2, 0.25) is 5.02 Å². The SMILES string of the molecule is N#CC1=C(S)N(c2ccccc2)C(c2ccccc2Cl)NC1=O. The van der Waals surface area contributed by atoms with Gasteiger partial charge in [-0.05, 0) is 18.2 Å². The Kier molecular flexibility index (Phi) is 4.28. The zero-order chi connectivity index (χ0) is 16.4. The van der Waals surface area contributed by atoms with Crippen LogP contribution in [0, 0.1) is 11.3 Å². The Labute approximate surface area is 144 Å². The second-order valence-corrected chi connectivity index (χ2v) is 5.74. The average Bonchev–Trinajstić information content (AvgIpc) is 2.56. The van der Waals surface area contributed by atoms with E-state index in [9.17, 15) is 10.1 Å². The lowest BCUT2D eigenvalue weighted by Gasteiger charge is -2.38. The zero-order valence-corrected chi connectivity index (χ0v) is 13.6. The highest BCUT2D eigenvalue weighted by atomic mass is 35.5. The summed E-state index contributed by atoms with van der Waals surface area (Å²) in [5, 5.41) is 12.9. The molecule has 0 aromatic heterocycles. The van der Waals surface area contributed by atoms with Crippen LogP contribution >= 0.6 is 24.2 Å². The van der Waals surface area contributed by atoms with Crippen molar-refractivity contribution in [3.05, 3.63) is 75.8 Å². The van der Waals surface area contributed by atoms with Gasteiger partial charge in [-0.2, -0.15) is 5.26 Å². The first-order chi connectivity index (χ1) is 11.1. The highest BCUT2D eigenvalue weighted by Gasteiger charge is 2.34. The topological polar surface area (TPSA) is 56.1 Å². The third kappa shape index (κ3) is 2.79. The van der Waals surface area contributed by atoms with Crippen LogP contribution < -0.4 is 10.2 Å². The van der Waals surface area contributed by atoms with Crippen molar-refractivity contribution in [2.45, 2.75) is 6.17 Å². The summed E-state index contributed by atoms with van der Waals surface area (Å²) in [5.74, 6) is -0.463. The summed E-state index contributed by atoms with van der Waals surface area (Å²) in [4.78, 5) is 14.0. The number of carbonyl (C=O) groups excluding carboxylic acids is 1. The molecule has 0 bridgehead atoms. The van der Waals surface area contributed by atoms with E-state index in [0.29, 0.717) is 10.1 Å². The minimum absolute atomic E-state index is 0.0273. The zero-order valence-electron chi connectivity index (χ0n) is 11.9. The summed E-state index contributed by atoms with van der Waals surface area (Å²) in [7, 11) is 0. The van der Waals surface area contributed by atoms with Crippen LogP contribution in [0.4, 0.5) is 5.69 Å². The van der Waals surface area contributed by atoms with Gasteiger partial charge in [-0.25, -0.2) is 0 Å². The fourth-order valence-electron chi connectivity index (χ4n) is 2.48.